The smallest absolute Gasteiger partial charge is 0.410 e. The molecule has 3 rings (SSSR count). The molecule has 1 aromatic rings. The second kappa shape index (κ2) is 12.1. The van der Waals surface area contributed by atoms with Crippen molar-refractivity contribution < 1.29 is 38.5 Å². The van der Waals surface area contributed by atoms with E-state index in [1.165, 1.54) is 21.8 Å². The van der Waals surface area contributed by atoms with Gasteiger partial charge in [0.1, 0.15) is 18.2 Å². The Bertz CT molecular complexity index is 967. The van der Waals surface area contributed by atoms with Crippen LogP contribution in [0.3, 0.4) is 0 Å². The molecule has 0 aliphatic carbocycles. The molecule has 0 spiro atoms. The minimum absolute atomic E-state index is 0.0696. The zero-order valence-corrected chi connectivity index (χ0v) is 21.7. The van der Waals surface area contributed by atoms with Crippen molar-refractivity contribution >= 4 is 24.2 Å². The summed E-state index contributed by atoms with van der Waals surface area (Å²) >= 11 is 0. The first-order valence-electron chi connectivity index (χ1n) is 12.2. The van der Waals surface area contributed by atoms with Crippen LogP contribution in [0.2, 0.25) is 0 Å². The largest absolute Gasteiger partial charge is 0.467 e. The van der Waals surface area contributed by atoms with Gasteiger partial charge in [-0.1, -0.05) is 30.3 Å². The van der Waals surface area contributed by atoms with Crippen LogP contribution in [0.4, 0.5) is 14.4 Å². The highest BCUT2D eigenvalue weighted by Crippen LogP contribution is 2.22. The highest BCUT2D eigenvalue weighted by Gasteiger charge is 2.42. The van der Waals surface area contributed by atoms with E-state index in [0.29, 0.717) is 0 Å². The van der Waals surface area contributed by atoms with Crippen molar-refractivity contribution in [3.8, 4) is 0 Å². The number of nitrogens with one attached hydrogen (secondary N) is 1. The lowest BCUT2D eigenvalue weighted by Gasteiger charge is -2.41. The van der Waals surface area contributed by atoms with Crippen molar-refractivity contribution in [3.63, 3.8) is 0 Å². The molecular formula is C25H36N4O8. The summed E-state index contributed by atoms with van der Waals surface area (Å²) in [5.41, 5.74) is 0.126. The second-order valence-electron chi connectivity index (χ2n) is 10.1. The third-order valence-electron chi connectivity index (χ3n) is 6.24. The SMILES string of the molecule is COC(=O)[C@H]1C[C@@H](NCC2CN(C(=O)O)CCN2C(=O)OC(C)(C)C)CN1C(=O)OCc1ccccc1. The molecule has 37 heavy (non-hydrogen) atoms. The molecular weight excluding hydrogens is 484 g/mol. The van der Waals surface area contributed by atoms with Crippen molar-refractivity contribution in [2.24, 2.45) is 0 Å². The summed E-state index contributed by atoms with van der Waals surface area (Å²) in [7, 11) is 1.26. The highest BCUT2D eigenvalue weighted by molar-refractivity contribution is 5.82. The predicted octanol–water partition coefficient (Wildman–Crippen LogP) is 2.13. The Balaban J connectivity index is 1.64. The van der Waals surface area contributed by atoms with E-state index >= 15 is 0 Å². The fraction of sp³-hybridized carbons (Fsp3) is 0.600. The van der Waals surface area contributed by atoms with E-state index < -0.39 is 41.9 Å². The molecule has 3 atom stereocenters. The normalized spacial score (nSPS) is 21.9. The molecule has 2 heterocycles. The Labute approximate surface area is 216 Å². The summed E-state index contributed by atoms with van der Waals surface area (Å²) in [6, 6.07) is 7.60. The average molecular weight is 521 g/mol. The highest BCUT2D eigenvalue weighted by atomic mass is 16.6. The van der Waals surface area contributed by atoms with Gasteiger partial charge in [-0.3, -0.25) is 4.90 Å². The molecule has 2 saturated heterocycles. The number of rotatable bonds is 6. The van der Waals surface area contributed by atoms with E-state index in [9.17, 15) is 24.3 Å². The topological polar surface area (TPSA) is 138 Å². The number of carboxylic acid groups (broad SMARTS) is 1. The van der Waals surface area contributed by atoms with Crippen LogP contribution in [-0.2, 0) is 25.6 Å². The Kier molecular flexibility index (Phi) is 9.19. The summed E-state index contributed by atoms with van der Waals surface area (Å²) in [5, 5.41) is 12.8. The molecule has 12 heteroatoms. The lowest BCUT2D eigenvalue weighted by Crippen LogP contribution is -2.60. The van der Waals surface area contributed by atoms with E-state index in [2.05, 4.69) is 5.32 Å². The van der Waals surface area contributed by atoms with Crippen LogP contribution in [0.1, 0.15) is 32.8 Å². The maximum Gasteiger partial charge on any atom is 0.410 e. The van der Waals surface area contributed by atoms with E-state index in [4.69, 9.17) is 14.2 Å². The van der Waals surface area contributed by atoms with E-state index in [1.807, 2.05) is 30.3 Å². The number of benzene rings is 1. The molecule has 0 bridgehead atoms. The number of ether oxygens (including phenoxy) is 3. The summed E-state index contributed by atoms with van der Waals surface area (Å²) < 4.78 is 15.8. The van der Waals surface area contributed by atoms with Crippen LogP contribution >= 0.6 is 0 Å². The van der Waals surface area contributed by atoms with Crippen molar-refractivity contribution in [1.29, 1.82) is 0 Å². The van der Waals surface area contributed by atoms with Gasteiger partial charge in [0.15, 0.2) is 0 Å². The van der Waals surface area contributed by atoms with Gasteiger partial charge in [0.25, 0.3) is 0 Å². The molecule has 0 aromatic heterocycles. The Morgan fingerprint density at radius 3 is 2.35 bits per heavy atom. The fourth-order valence-corrected chi connectivity index (χ4v) is 4.41. The molecule has 1 unspecified atom stereocenters. The average Bonchev–Trinajstić information content (AvgIpc) is 3.29. The maximum absolute atomic E-state index is 12.8. The zero-order chi connectivity index (χ0) is 27.2. The lowest BCUT2D eigenvalue weighted by molar-refractivity contribution is -0.145. The van der Waals surface area contributed by atoms with Gasteiger partial charge >= 0.3 is 24.2 Å². The number of methoxy groups -OCH3 is 1. The van der Waals surface area contributed by atoms with Crippen LogP contribution in [0.15, 0.2) is 30.3 Å². The molecule has 12 nitrogen and oxygen atoms in total. The van der Waals surface area contributed by atoms with Crippen LogP contribution in [0, 0.1) is 0 Å². The molecule has 1 aromatic carbocycles. The molecule has 2 N–H and O–H groups in total. The Morgan fingerprint density at radius 2 is 1.73 bits per heavy atom. The van der Waals surface area contributed by atoms with Gasteiger partial charge in [-0.05, 0) is 32.8 Å². The zero-order valence-electron chi connectivity index (χ0n) is 21.7. The third-order valence-corrected chi connectivity index (χ3v) is 6.24. The summed E-state index contributed by atoms with van der Waals surface area (Å²) in [4.78, 5) is 53.7. The first-order chi connectivity index (χ1) is 17.5. The standard InChI is InChI=1S/C25H36N4O8/c1-25(2,3)37-24(34)28-11-10-27(22(31)32)15-19(28)13-26-18-12-20(21(30)35-4)29(14-18)23(33)36-16-17-8-6-5-7-9-17/h5-9,18-20,26H,10-16H2,1-4H3,(H,31,32)/t18-,19?,20-/m1/s1. The minimum Gasteiger partial charge on any atom is -0.467 e. The van der Waals surface area contributed by atoms with E-state index in [0.717, 1.165) is 5.56 Å². The van der Waals surface area contributed by atoms with E-state index in [-0.39, 0.29) is 51.8 Å². The van der Waals surface area contributed by atoms with Crippen LogP contribution in [-0.4, -0.2) is 108 Å². The molecule has 2 aliphatic rings. The number of nitrogens with zero attached hydrogens (tertiary/aromatic N) is 3. The number of carbonyl (C=O) groups is 4. The molecule has 204 valence electrons. The van der Waals surface area contributed by atoms with Crippen molar-refractivity contribution in [1.82, 2.24) is 20.0 Å². The quantitative estimate of drug-likeness (QED) is 0.427. The van der Waals surface area contributed by atoms with Gasteiger partial charge in [0.2, 0.25) is 0 Å². The third kappa shape index (κ3) is 7.72. The molecule has 3 amide bonds. The van der Waals surface area contributed by atoms with Gasteiger partial charge in [-0.25, -0.2) is 19.2 Å². The number of hydrogen-bond acceptors (Lipinski definition) is 8. The first kappa shape index (κ1) is 28.0. The summed E-state index contributed by atoms with van der Waals surface area (Å²) in [5.74, 6) is -0.550. The van der Waals surface area contributed by atoms with Gasteiger partial charge in [0.05, 0.1) is 13.2 Å². The van der Waals surface area contributed by atoms with E-state index in [1.54, 1.807) is 20.8 Å². The van der Waals surface area contributed by atoms with Crippen molar-refractivity contribution in [3.05, 3.63) is 35.9 Å². The first-order valence-corrected chi connectivity index (χ1v) is 12.2. The second-order valence-corrected chi connectivity index (χ2v) is 10.1. The van der Waals surface area contributed by atoms with Gasteiger partial charge < -0.3 is 34.4 Å². The number of hydrogen-bond donors (Lipinski definition) is 2. The number of amides is 3. The van der Waals surface area contributed by atoms with Crippen LogP contribution < -0.4 is 5.32 Å². The maximum atomic E-state index is 12.8. The predicted molar refractivity (Wildman–Crippen MR) is 132 cm³/mol. The summed E-state index contributed by atoms with van der Waals surface area (Å²) in [6.07, 6.45) is -1.93. The monoisotopic (exact) mass is 520 g/mol. The van der Waals surface area contributed by atoms with Crippen molar-refractivity contribution in [2.75, 3.05) is 39.8 Å². The van der Waals surface area contributed by atoms with Crippen LogP contribution in [0.25, 0.3) is 0 Å². The fourth-order valence-electron chi connectivity index (χ4n) is 4.41. The lowest BCUT2D eigenvalue weighted by atomic mass is 10.1. The Hall–Kier alpha value is -3.54. The molecule has 2 fully saturated rings. The Morgan fingerprint density at radius 1 is 1.03 bits per heavy atom. The van der Waals surface area contributed by atoms with Crippen molar-refractivity contribution in [2.45, 2.75) is 57.5 Å². The molecule has 2 aliphatic heterocycles. The molecule has 0 saturated carbocycles. The van der Waals surface area contributed by atoms with Gasteiger partial charge in [0, 0.05) is 38.8 Å². The number of likely N-dealkylation sites (tertiary alicyclic amines) is 1. The number of esters is 1. The minimum atomic E-state index is -1.06. The van der Waals surface area contributed by atoms with Crippen LogP contribution in [0.5, 0.6) is 0 Å². The number of carbonyl (C=O) groups excluding carboxylic acids is 3. The van der Waals surface area contributed by atoms with Gasteiger partial charge in [-0.15, -0.1) is 0 Å². The number of piperazine rings is 1. The van der Waals surface area contributed by atoms with Gasteiger partial charge in [-0.2, -0.15) is 0 Å². The molecule has 0 radical (unpaired) electrons. The summed E-state index contributed by atoms with van der Waals surface area (Å²) in [6.45, 7) is 6.29.